The third-order valence-electron chi connectivity index (χ3n) is 5.85. The number of rotatable bonds is 7. The second kappa shape index (κ2) is 9.06. The summed E-state index contributed by atoms with van der Waals surface area (Å²) in [6.07, 6.45) is 4.48. The highest BCUT2D eigenvalue weighted by Gasteiger charge is 2.21. The van der Waals surface area contributed by atoms with Crippen molar-refractivity contribution in [3.63, 3.8) is 0 Å². The molecule has 0 atom stereocenters. The molecule has 6 heteroatoms. The first kappa shape index (κ1) is 20.0. The monoisotopic (exact) mass is 414 g/mol. The first-order valence-corrected chi connectivity index (χ1v) is 10.5. The maximum atomic E-state index is 6.11. The minimum Gasteiger partial charge on any atom is -0.493 e. The van der Waals surface area contributed by atoms with Crippen LogP contribution in [0.2, 0.25) is 5.02 Å². The molecule has 1 aliphatic heterocycles. The van der Waals surface area contributed by atoms with E-state index in [9.17, 15) is 0 Å². The Hall–Kier alpha value is -2.24. The quantitative estimate of drug-likeness (QED) is 0.522. The second-order valence-corrected chi connectivity index (χ2v) is 8.13. The molecule has 2 aromatic carbocycles. The molecule has 1 saturated heterocycles. The van der Waals surface area contributed by atoms with Gasteiger partial charge in [0.1, 0.15) is 0 Å². The summed E-state index contributed by atoms with van der Waals surface area (Å²) in [5, 5.41) is 6.14. The van der Waals surface area contributed by atoms with Crippen LogP contribution in [0.3, 0.4) is 0 Å². The number of methoxy groups -OCH3 is 2. The zero-order valence-corrected chi connectivity index (χ0v) is 17.7. The van der Waals surface area contributed by atoms with E-state index in [0.717, 1.165) is 54.5 Å². The molecule has 154 valence electrons. The van der Waals surface area contributed by atoms with Gasteiger partial charge in [0, 0.05) is 17.0 Å². The highest BCUT2D eigenvalue weighted by molar-refractivity contribution is 6.30. The van der Waals surface area contributed by atoms with Gasteiger partial charge in [0.2, 0.25) is 11.3 Å². The molecular formula is C23H27ClN2O3. The molecule has 1 aromatic heterocycles. The Labute approximate surface area is 176 Å². The minimum atomic E-state index is 0.609. The number of aryl methyl sites for hydroxylation is 1. The lowest BCUT2D eigenvalue weighted by molar-refractivity contribution is 0.172. The normalized spacial score (nSPS) is 15.7. The number of benzene rings is 2. The van der Waals surface area contributed by atoms with E-state index in [0.29, 0.717) is 17.1 Å². The first-order chi connectivity index (χ1) is 14.2. The number of halogens is 1. The average molecular weight is 415 g/mol. The van der Waals surface area contributed by atoms with Crippen LogP contribution in [0.1, 0.15) is 30.5 Å². The lowest BCUT2D eigenvalue weighted by Crippen LogP contribution is -2.33. The largest absolute Gasteiger partial charge is 0.493 e. The predicted molar refractivity (Wildman–Crippen MR) is 115 cm³/mol. The van der Waals surface area contributed by atoms with Gasteiger partial charge in [-0.2, -0.15) is 0 Å². The molecule has 4 rings (SSSR count). The zero-order chi connectivity index (χ0) is 20.2. The number of hydrogen-bond acceptors (Lipinski definition) is 5. The Balaban J connectivity index is 1.33. The lowest BCUT2D eigenvalue weighted by atomic mass is 9.91. The Kier molecular flexibility index (Phi) is 6.26. The molecule has 29 heavy (non-hydrogen) atoms. The van der Waals surface area contributed by atoms with Crippen molar-refractivity contribution >= 4 is 22.6 Å². The number of ether oxygens (including phenoxy) is 2. The van der Waals surface area contributed by atoms with Crippen molar-refractivity contribution in [3.05, 3.63) is 52.7 Å². The van der Waals surface area contributed by atoms with Crippen molar-refractivity contribution in [1.29, 1.82) is 0 Å². The molecule has 0 N–H and O–H groups in total. The van der Waals surface area contributed by atoms with Crippen LogP contribution in [0.4, 0.5) is 0 Å². The van der Waals surface area contributed by atoms with E-state index in [1.54, 1.807) is 14.2 Å². The van der Waals surface area contributed by atoms with Crippen LogP contribution in [-0.4, -0.2) is 37.4 Å². The van der Waals surface area contributed by atoms with Crippen molar-refractivity contribution < 1.29 is 14.0 Å². The van der Waals surface area contributed by atoms with E-state index in [1.807, 2.05) is 24.3 Å². The molecule has 0 unspecified atom stereocenters. The molecule has 0 bridgehead atoms. The summed E-state index contributed by atoms with van der Waals surface area (Å²) in [5.74, 6) is 1.99. The van der Waals surface area contributed by atoms with Crippen LogP contribution in [0.5, 0.6) is 11.5 Å². The molecule has 0 radical (unpaired) electrons. The van der Waals surface area contributed by atoms with Crippen molar-refractivity contribution in [2.75, 3.05) is 27.3 Å². The van der Waals surface area contributed by atoms with Crippen LogP contribution in [0.15, 0.2) is 40.9 Å². The Morgan fingerprint density at radius 2 is 1.97 bits per heavy atom. The molecule has 1 aliphatic rings. The van der Waals surface area contributed by atoms with E-state index in [1.165, 1.54) is 18.4 Å². The van der Waals surface area contributed by atoms with Gasteiger partial charge in [-0.3, -0.25) is 4.90 Å². The van der Waals surface area contributed by atoms with Crippen LogP contribution in [0.25, 0.3) is 11.0 Å². The van der Waals surface area contributed by atoms with Crippen LogP contribution < -0.4 is 9.47 Å². The number of hydrogen-bond donors (Lipinski definition) is 0. The van der Waals surface area contributed by atoms with Gasteiger partial charge < -0.3 is 14.0 Å². The fraction of sp³-hybridized carbons (Fsp3) is 0.435. The molecule has 0 saturated carbocycles. The molecule has 1 fully saturated rings. The molecule has 2 heterocycles. The number of fused-ring (bicyclic) bond motifs is 1. The Morgan fingerprint density at radius 1 is 1.14 bits per heavy atom. The summed E-state index contributed by atoms with van der Waals surface area (Å²) < 4.78 is 16.4. The molecule has 0 amide bonds. The number of nitrogens with zero attached hydrogens (tertiary/aromatic N) is 2. The van der Waals surface area contributed by atoms with Crippen LogP contribution >= 0.6 is 11.6 Å². The second-order valence-electron chi connectivity index (χ2n) is 7.70. The fourth-order valence-electron chi connectivity index (χ4n) is 4.21. The van der Waals surface area contributed by atoms with Crippen molar-refractivity contribution in [2.45, 2.75) is 32.2 Å². The van der Waals surface area contributed by atoms with Gasteiger partial charge in [-0.15, -0.1) is 0 Å². The summed E-state index contributed by atoms with van der Waals surface area (Å²) in [6, 6.07) is 12.1. The molecule has 0 aliphatic carbocycles. The lowest BCUT2D eigenvalue weighted by Gasteiger charge is -2.32. The topological polar surface area (TPSA) is 47.7 Å². The van der Waals surface area contributed by atoms with E-state index in [4.69, 9.17) is 25.6 Å². The number of likely N-dealkylation sites (tertiary alicyclic amines) is 1. The van der Waals surface area contributed by atoms with Gasteiger partial charge in [0.25, 0.3) is 0 Å². The van der Waals surface area contributed by atoms with Gasteiger partial charge in [0.05, 0.1) is 19.9 Å². The standard InChI is InChI=1S/C23H27ClN2O3/c1-27-21-9-7-19-20(25-29-22(19)23(21)28-2)8-6-16-10-12-26(13-11-16)15-17-4-3-5-18(24)14-17/h3-5,7,9,14,16H,6,8,10-13,15H2,1-2H3. The smallest absolute Gasteiger partial charge is 0.212 e. The Morgan fingerprint density at radius 3 is 2.69 bits per heavy atom. The van der Waals surface area contributed by atoms with Crippen LogP contribution in [-0.2, 0) is 13.0 Å². The first-order valence-electron chi connectivity index (χ1n) is 10.1. The number of piperidine rings is 1. The molecule has 0 spiro atoms. The molecule has 3 aromatic rings. The minimum absolute atomic E-state index is 0.609. The van der Waals surface area contributed by atoms with Crippen molar-refractivity contribution in [2.24, 2.45) is 5.92 Å². The van der Waals surface area contributed by atoms with E-state index in [-0.39, 0.29) is 0 Å². The van der Waals surface area contributed by atoms with Gasteiger partial charge in [-0.25, -0.2) is 0 Å². The van der Waals surface area contributed by atoms with Crippen molar-refractivity contribution in [3.8, 4) is 11.5 Å². The third kappa shape index (κ3) is 4.51. The summed E-state index contributed by atoms with van der Waals surface area (Å²) in [6.45, 7) is 3.23. The summed E-state index contributed by atoms with van der Waals surface area (Å²) >= 11 is 6.11. The van der Waals surface area contributed by atoms with E-state index >= 15 is 0 Å². The average Bonchev–Trinajstić information content (AvgIpc) is 3.15. The van der Waals surface area contributed by atoms with Crippen LogP contribution in [0, 0.1) is 5.92 Å². The Bertz CT molecular complexity index is 964. The van der Waals surface area contributed by atoms with Gasteiger partial charge >= 0.3 is 0 Å². The third-order valence-corrected chi connectivity index (χ3v) is 6.08. The summed E-state index contributed by atoms with van der Waals surface area (Å²) in [7, 11) is 3.25. The summed E-state index contributed by atoms with van der Waals surface area (Å²) in [5.41, 5.74) is 2.95. The number of aromatic nitrogens is 1. The van der Waals surface area contributed by atoms with Crippen molar-refractivity contribution in [1.82, 2.24) is 10.1 Å². The van der Waals surface area contributed by atoms with Gasteiger partial charge in [-0.05, 0) is 74.5 Å². The summed E-state index contributed by atoms with van der Waals surface area (Å²) in [4.78, 5) is 2.52. The highest BCUT2D eigenvalue weighted by atomic mass is 35.5. The predicted octanol–water partition coefficient (Wildman–Crippen LogP) is 5.34. The van der Waals surface area contributed by atoms with Gasteiger partial charge in [-0.1, -0.05) is 28.9 Å². The van der Waals surface area contributed by atoms with E-state index < -0.39 is 0 Å². The maximum Gasteiger partial charge on any atom is 0.212 e. The molecule has 5 nitrogen and oxygen atoms in total. The SMILES string of the molecule is COc1ccc2c(CCC3CCN(Cc4cccc(Cl)c4)CC3)noc2c1OC. The van der Waals surface area contributed by atoms with E-state index in [2.05, 4.69) is 22.2 Å². The maximum absolute atomic E-state index is 6.11. The van der Waals surface area contributed by atoms with Gasteiger partial charge in [0.15, 0.2) is 5.75 Å². The zero-order valence-electron chi connectivity index (χ0n) is 17.0. The highest BCUT2D eigenvalue weighted by Crippen LogP contribution is 2.37. The fourth-order valence-corrected chi connectivity index (χ4v) is 4.43. The molecular weight excluding hydrogens is 388 g/mol.